The maximum absolute atomic E-state index is 10.7. The van der Waals surface area contributed by atoms with Crippen molar-refractivity contribution >= 4 is 79.1 Å². The average Bonchev–Trinajstić information content (AvgIpc) is 2.82. The van der Waals surface area contributed by atoms with E-state index in [-0.39, 0.29) is 29.2 Å². The topological polar surface area (TPSA) is 139 Å². The normalized spacial score (nSPS) is 17.9. The molecule has 0 unspecified atom stereocenters. The van der Waals surface area contributed by atoms with Crippen molar-refractivity contribution in [1.82, 2.24) is 0 Å². The van der Waals surface area contributed by atoms with Gasteiger partial charge in [0.05, 0.1) is 32.2 Å². The molecule has 0 amide bonds. The van der Waals surface area contributed by atoms with Crippen LogP contribution < -0.4 is 0 Å². The number of aliphatic imine (C=N–C) groups is 2. The number of halogens is 10. The van der Waals surface area contributed by atoms with Gasteiger partial charge in [-0.05, 0) is 37.1 Å². The Morgan fingerprint density at radius 2 is 0.884 bits per heavy atom. The van der Waals surface area contributed by atoms with E-state index in [4.69, 9.17) is 82.3 Å². The Hall–Kier alpha value is -1.14. The number of alkyl halides is 6. The molecule has 21 heteroatoms. The minimum atomic E-state index is -6.09. The number of benzene rings is 2. The molecule has 2 atom stereocenters. The Bertz CT molecular complexity index is 1340. The second-order valence-electron chi connectivity index (χ2n) is 8.05. The molecule has 1 aliphatic carbocycles. The standard InChI is InChI=1S/C20H18Cl4N2.2CHF3O3S.Cu/c21-15-5-3-6-16(22)13(15)11-25-19-9-1-2-10-20(19)26-12-14-17(23)7-4-8-18(14)24;2*2-1(3,4)8(5,6)7;/h3-8,11-12,19-20H,1-2,9-10H2;2*(H,5,6,7);/q;;;+2/p-2/t19-,20-;;;/m1.../s1. The Labute approximate surface area is 273 Å². The summed E-state index contributed by atoms with van der Waals surface area (Å²) in [5.74, 6) is 0. The van der Waals surface area contributed by atoms with Gasteiger partial charge in [-0.2, -0.15) is 26.3 Å². The first-order valence-corrected chi connectivity index (χ1v) is 15.4. The van der Waals surface area contributed by atoms with Crippen LogP contribution in [0.15, 0.2) is 46.4 Å². The molecule has 8 nitrogen and oxygen atoms in total. The van der Waals surface area contributed by atoms with Crippen LogP contribution in [0.4, 0.5) is 26.3 Å². The van der Waals surface area contributed by atoms with Crippen LogP contribution in [0.25, 0.3) is 0 Å². The summed E-state index contributed by atoms with van der Waals surface area (Å²) in [7, 11) is -12.2. The first kappa shape index (κ1) is 41.9. The molecule has 0 saturated heterocycles. The quantitative estimate of drug-likeness (QED) is 0.105. The summed E-state index contributed by atoms with van der Waals surface area (Å²) >= 11 is 24.9. The zero-order valence-corrected chi connectivity index (χ0v) is 26.4. The number of hydrogen-bond acceptors (Lipinski definition) is 8. The molecule has 2 aromatic carbocycles. The van der Waals surface area contributed by atoms with Crippen molar-refractivity contribution < 1.29 is 69.4 Å². The predicted octanol–water partition coefficient (Wildman–Crippen LogP) is 7.25. The van der Waals surface area contributed by atoms with Crippen molar-refractivity contribution in [2.45, 2.75) is 48.8 Å². The van der Waals surface area contributed by atoms with Crippen LogP contribution in [-0.2, 0) is 37.3 Å². The van der Waals surface area contributed by atoms with E-state index in [2.05, 4.69) is 0 Å². The molecule has 0 spiro atoms. The van der Waals surface area contributed by atoms with Gasteiger partial charge in [0.25, 0.3) is 0 Å². The first-order chi connectivity index (χ1) is 19.1. The van der Waals surface area contributed by atoms with Crippen molar-refractivity contribution in [3.05, 3.63) is 67.6 Å². The summed E-state index contributed by atoms with van der Waals surface area (Å²) in [4.78, 5) is 9.48. The Kier molecular flexibility index (Phi) is 17.1. The second-order valence-corrected chi connectivity index (χ2v) is 12.4. The van der Waals surface area contributed by atoms with Crippen LogP contribution in [0.5, 0.6) is 0 Å². The molecule has 1 aliphatic rings. The van der Waals surface area contributed by atoms with Crippen LogP contribution in [-0.4, -0.2) is 61.5 Å². The summed E-state index contributed by atoms with van der Waals surface area (Å²) in [6, 6.07) is 11.1. The van der Waals surface area contributed by atoms with Gasteiger partial charge >= 0.3 is 28.1 Å². The van der Waals surface area contributed by atoms with Gasteiger partial charge in [0.15, 0.2) is 20.2 Å². The molecule has 1 radical (unpaired) electrons. The summed E-state index contributed by atoms with van der Waals surface area (Å²) in [6.07, 6.45) is 7.78. The van der Waals surface area contributed by atoms with E-state index in [1.165, 1.54) is 0 Å². The Balaban J connectivity index is 0.000000860. The van der Waals surface area contributed by atoms with E-state index >= 15 is 0 Å². The molecular formula is C22H18Cl4CuF6N2O6S2. The van der Waals surface area contributed by atoms with E-state index in [0.717, 1.165) is 36.8 Å². The maximum Gasteiger partial charge on any atom is 2.00 e. The molecule has 0 heterocycles. The van der Waals surface area contributed by atoms with Crippen molar-refractivity contribution in [2.75, 3.05) is 0 Å². The van der Waals surface area contributed by atoms with E-state index in [0.29, 0.717) is 20.1 Å². The summed E-state index contributed by atoms with van der Waals surface area (Å²) in [5, 5.41) is 2.39. The number of hydrogen-bond donors (Lipinski definition) is 0. The van der Waals surface area contributed by atoms with Gasteiger partial charge in [0.1, 0.15) is 0 Å². The van der Waals surface area contributed by atoms with Crippen molar-refractivity contribution in [3.63, 3.8) is 0 Å². The van der Waals surface area contributed by atoms with Crippen LogP contribution in [0.1, 0.15) is 36.8 Å². The second kappa shape index (κ2) is 17.5. The van der Waals surface area contributed by atoms with Crippen molar-refractivity contribution in [1.29, 1.82) is 0 Å². The fourth-order valence-corrected chi connectivity index (χ4v) is 4.04. The van der Waals surface area contributed by atoms with Gasteiger partial charge in [0.2, 0.25) is 0 Å². The van der Waals surface area contributed by atoms with E-state index in [1.54, 1.807) is 12.4 Å². The molecule has 0 aromatic heterocycles. The fourth-order valence-electron chi connectivity index (χ4n) is 3.05. The Morgan fingerprint density at radius 1 is 0.651 bits per heavy atom. The minimum absolute atomic E-state index is 0. The van der Waals surface area contributed by atoms with E-state index < -0.39 is 31.3 Å². The average molecular weight is 790 g/mol. The van der Waals surface area contributed by atoms with E-state index in [1.807, 2.05) is 36.4 Å². The van der Waals surface area contributed by atoms with Gasteiger partial charge in [-0.25, -0.2) is 16.8 Å². The predicted molar refractivity (Wildman–Crippen MR) is 146 cm³/mol. The molecule has 3 rings (SSSR count). The number of nitrogens with zero attached hydrogens (tertiary/aromatic N) is 2. The van der Waals surface area contributed by atoms with Crippen LogP contribution in [0, 0.1) is 0 Å². The third-order valence-electron chi connectivity index (χ3n) is 5.05. The van der Waals surface area contributed by atoms with Crippen LogP contribution in [0.3, 0.4) is 0 Å². The summed E-state index contributed by atoms with van der Waals surface area (Å²) in [6.45, 7) is 0. The zero-order valence-electron chi connectivity index (χ0n) is 20.8. The van der Waals surface area contributed by atoms with Crippen LogP contribution in [0.2, 0.25) is 20.1 Å². The minimum Gasteiger partial charge on any atom is -0.741 e. The van der Waals surface area contributed by atoms with Gasteiger partial charge in [0, 0.05) is 23.6 Å². The molecular weight excluding hydrogens is 772 g/mol. The Morgan fingerprint density at radius 3 is 1.09 bits per heavy atom. The largest absolute Gasteiger partial charge is 2.00 e. The van der Waals surface area contributed by atoms with Crippen molar-refractivity contribution in [2.24, 2.45) is 9.98 Å². The maximum atomic E-state index is 10.7. The number of rotatable bonds is 4. The van der Waals surface area contributed by atoms with E-state index in [9.17, 15) is 26.3 Å². The molecule has 0 N–H and O–H groups in total. The molecule has 1 saturated carbocycles. The summed E-state index contributed by atoms with van der Waals surface area (Å²) in [5.41, 5.74) is -9.79. The van der Waals surface area contributed by atoms with Gasteiger partial charge in [-0.1, -0.05) is 71.4 Å². The monoisotopic (exact) mass is 787 g/mol. The third kappa shape index (κ3) is 14.2. The molecule has 245 valence electrons. The van der Waals surface area contributed by atoms with Gasteiger partial charge < -0.3 is 9.11 Å². The molecule has 2 aromatic rings. The fraction of sp³-hybridized carbons (Fsp3) is 0.364. The summed E-state index contributed by atoms with van der Waals surface area (Å²) < 4.78 is 118. The SMILES string of the molecule is Clc1cccc(Cl)c1C=N[C@@H]1CCCC[C@H]1N=Cc1c(Cl)cccc1Cl.O=S(=O)([O-])C(F)(F)F.O=S(=O)([O-])C(F)(F)F.[Cu+2]. The first-order valence-electron chi connectivity index (χ1n) is 11.0. The third-order valence-corrected chi connectivity index (χ3v) is 7.50. The molecule has 0 bridgehead atoms. The van der Waals surface area contributed by atoms with Gasteiger partial charge in [-0.15, -0.1) is 0 Å². The molecule has 43 heavy (non-hydrogen) atoms. The molecule has 0 aliphatic heterocycles. The smallest absolute Gasteiger partial charge is 0.741 e. The zero-order chi connectivity index (χ0) is 32.5. The molecule has 1 fully saturated rings. The van der Waals surface area contributed by atoms with Crippen LogP contribution >= 0.6 is 46.4 Å². The van der Waals surface area contributed by atoms with Crippen molar-refractivity contribution in [3.8, 4) is 0 Å². The van der Waals surface area contributed by atoms with Gasteiger partial charge in [-0.3, -0.25) is 9.98 Å².